The molecule has 0 aliphatic heterocycles. The summed E-state index contributed by atoms with van der Waals surface area (Å²) in [6.45, 7) is 6.50. The first kappa shape index (κ1) is 21.2. The van der Waals surface area contributed by atoms with Gasteiger partial charge in [0, 0.05) is 5.69 Å². The summed E-state index contributed by atoms with van der Waals surface area (Å²) in [5, 5.41) is 2.92. The molecule has 1 fully saturated rings. The number of hydrogen-bond acceptors (Lipinski definition) is 3. The lowest BCUT2D eigenvalue weighted by molar-refractivity contribution is -0.122. The second kappa shape index (κ2) is 10.3. The minimum atomic E-state index is -0.582. The Morgan fingerprint density at radius 3 is 2.34 bits per heavy atom. The van der Waals surface area contributed by atoms with E-state index in [1.165, 1.54) is 32.1 Å². The number of benzene rings is 2. The molecule has 29 heavy (non-hydrogen) atoms. The van der Waals surface area contributed by atoms with Crippen LogP contribution in [-0.4, -0.2) is 18.6 Å². The van der Waals surface area contributed by atoms with E-state index in [-0.39, 0.29) is 5.91 Å². The maximum atomic E-state index is 12.5. The Bertz CT molecular complexity index is 774. The molecule has 1 N–H and O–H groups in total. The molecule has 2 aromatic carbocycles. The molecule has 0 spiro atoms. The quantitative estimate of drug-likeness (QED) is 0.591. The zero-order valence-electron chi connectivity index (χ0n) is 17.9. The van der Waals surface area contributed by atoms with E-state index in [0.717, 1.165) is 47.3 Å². The summed E-state index contributed by atoms with van der Waals surface area (Å²) in [5.74, 6) is 2.27. The number of nitrogens with one attached hydrogen (secondary N) is 1. The number of carbonyl (C=O) groups excluding carboxylic acids is 1. The molecule has 0 aromatic heterocycles. The van der Waals surface area contributed by atoms with Crippen LogP contribution in [0.1, 0.15) is 56.6 Å². The molecule has 1 aliphatic rings. The lowest BCUT2D eigenvalue weighted by Gasteiger charge is -2.21. The van der Waals surface area contributed by atoms with Crippen LogP contribution in [-0.2, 0) is 4.79 Å². The van der Waals surface area contributed by atoms with Crippen LogP contribution in [0.25, 0.3) is 0 Å². The van der Waals surface area contributed by atoms with Crippen molar-refractivity contribution in [3.05, 3.63) is 53.6 Å². The first-order chi connectivity index (χ1) is 14.0. The zero-order chi connectivity index (χ0) is 20.6. The van der Waals surface area contributed by atoms with Gasteiger partial charge >= 0.3 is 0 Å². The van der Waals surface area contributed by atoms with Crippen molar-refractivity contribution in [1.29, 1.82) is 0 Å². The highest BCUT2D eigenvalue weighted by Gasteiger charge is 2.17. The Kier molecular flexibility index (Phi) is 7.56. The van der Waals surface area contributed by atoms with Crippen LogP contribution in [0.3, 0.4) is 0 Å². The summed E-state index contributed by atoms with van der Waals surface area (Å²) < 4.78 is 11.8. The van der Waals surface area contributed by atoms with Crippen molar-refractivity contribution in [2.45, 2.75) is 65.4 Å². The molecular weight excluding hydrogens is 362 g/mol. The van der Waals surface area contributed by atoms with Gasteiger partial charge in [-0.2, -0.15) is 0 Å². The monoisotopic (exact) mass is 395 g/mol. The Labute approximate surface area is 174 Å². The van der Waals surface area contributed by atoms with Gasteiger partial charge in [0.2, 0.25) is 0 Å². The van der Waals surface area contributed by atoms with Gasteiger partial charge in [0.25, 0.3) is 5.91 Å². The number of anilines is 1. The van der Waals surface area contributed by atoms with Gasteiger partial charge in [-0.25, -0.2) is 0 Å². The van der Waals surface area contributed by atoms with Crippen molar-refractivity contribution < 1.29 is 14.3 Å². The van der Waals surface area contributed by atoms with E-state index in [9.17, 15) is 4.79 Å². The van der Waals surface area contributed by atoms with Crippen LogP contribution in [0.15, 0.2) is 42.5 Å². The van der Waals surface area contributed by atoms with Gasteiger partial charge in [-0.1, -0.05) is 50.3 Å². The lowest BCUT2D eigenvalue weighted by atomic mass is 9.87. The topological polar surface area (TPSA) is 47.6 Å². The molecule has 1 aliphatic carbocycles. The van der Waals surface area contributed by atoms with Gasteiger partial charge in [0.05, 0.1) is 6.61 Å². The molecule has 1 atom stereocenters. The van der Waals surface area contributed by atoms with Crippen molar-refractivity contribution in [2.75, 3.05) is 11.9 Å². The maximum absolute atomic E-state index is 12.5. The minimum absolute atomic E-state index is 0.168. The van der Waals surface area contributed by atoms with Gasteiger partial charge in [-0.05, 0) is 68.5 Å². The second-order valence-corrected chi connectivity index (χ2v) is 8.14. The molecule has 0 radical (unpaired) electrons. The molecular formula is C25H33NO3. The van der Waals surface area contributed by atoms with Gasteiger partial charge < -0.3 is 14.8 Å². The highest BCUT2D eigenvalue weighted by atomic mass is 16.5. The zero-order valence-corrected chi connectivity index (χ0v) is 17.9. The largest absolute Gasteiger partial charge is 0.494 e. The molecule has 4 nitrogen and oxygen atoms in total. The number of para-hydroxylation sites is 1. The summed E-state index contributed by atoms with van der Waals surface area (Å²) in [6.07, 6.45) is 7.36. The van der Waals surface area contributed by atoms with Gasteiger partial charge in [-0.15, -0.1) is 0 Å². The molecule has 1 saturated carbocycles. The molecule has 1 amide bonds. The Balaban J connectivity index is 1.46. The van der Waals surface area contributed by atoms with E-state index in [1.807, 2.05) is 56.3 Å². The summed E-state index contributed by atoms with van der Waals surface area (Å²) >= 11 is 0. The number of amides is 1. The van der Waals surface area contributed by atoms with Crippen molar-refractivity contribution >= 4 is 11.6 Å². The van der Waals surface area contributed by atoms with E-state index in [0.29, 0.717) is 0 Å². The fourth-order valence-electron chi connectivity index (χ4n) is 3.91. The number of ether oxygens (including phenoxy) is 2. The van der Waals surface area contributed by atoms with Crippen LogP contribution < -0.4 is 14.8 Å². The lowest BCUT2D eigenvalue weighted by Crippen LogP contribution is -2.30. The van der Waals surface area contributed by atoms with Crippen molar-refractivity contribution in [3.8, 4) is 11.5 Å². The molecule has 4 heteroatoms. The maximum Gasteiger partial charge on any atom is 0.265 e. The second-order valence-electron chi connectivity index (χ2n) is 8.14. The SMILES string of the molecule is Cc1cccc(C)c1OC(C)C(=O)Nc1ccc(OCCC2CCCCC2)cc1. The minimum Gasteiger partial charge on any atom is -0.494 e. The smallest absolute Gasteiger partial charge is 0.265 e. The van der Waals surface area contributed by atoms with E-state index in [1.54, 1.807) is 6.92 Å². The van der Waals surface area contributed by atoms with Crippen molar-refractivity contribution in [3.63, 3.8) is 0 Å². The molecule has 3 rings (SSSR count). The van der Waals surface area contributed by atoms with Crippen LogP contribution >= 0.6 is 0 Å². The fraction of sp³-hybridized carbons (Fsp3) is 0.480. The van der Waals surface area contributed by atoms with Crippen LogP contribution in [0, 0.1) is 19.8 Å². The summed E-state index contributed by atoms with van der Waals surface area (Å²) in [6, 6.07) is 13.5. The molecule has 156 valence electrons. The normalized spacial score (nSPS) is 15.6. The summed E-state index contributed by atoms with van der Waals surface area (Å²) in [4.78, 5) is 12.5. The predicted molar refractivity (Wildman–Crippen MR) is 118 cm³/mol. The number of carbonyl (C=O) groups is 1. The fourth-order valence-corrected chi connectivity index (χ4v) is 3.91. The number of hydrogen-bond donors (Lipinski definition) is 1. The first-order valence-corrected chi connectivity index (χ1v) is 10.8. The van der Waals surface area contributed by atoms with Crippen LogP contribution in [0.5, 0.6) is 11.5 Å². The van der Waals surface area contributed by atoms with E-state index in [4.69, 9.17) is 9.47 Å². The van der Waals surface area contributed by atoms with Crippen molar-refractivity contribution in [1.82, 2.24) is 0 Å². The molecule has 2 aromatic rings. The van der Waals surface area contributed by atoms with E-state index < -0.39 is 6.10 Å². The predicted octanol–water partition coefficient (Wildman–Crippen LogP) is 6.06. The first-order valence-electron chi connectivity index (χ1n) is 10.8. The third-order valence-corrected chi connectivity index (χ3v) is 5.71. The number of rotatable bonds is 8. The average molecular weight is 396 g/mol. The van der Waals surface area contributed by atoms with E-state index in [2.05, 4.69) is 5.32 Å². The van der Waals surface area contributed by atoms with Crippen LogP contribution in [0.4, 0.5) is 5.69 Å². The Hall–Kier alpha value is -2.49. The standard InChI is InChI=1S/C25H33NO3/c1-18-8-7-9-19(2)24(18)29-20(3)25(27)26-22-12-14-23(15-13-22)28-17-16-21-10-5-4-6-11-21/h7-9,12-15,20-21H,4-6,10-11,16-17H2,1-3H3,(H,26,27). The molecule has 1 unspecified atom stereocenters. The van der Waals surface area contributed by atoms with Gasteiger partial charge in [0.15, 0.2) is 6.10 Å². The average Bonchev–Trinajstić information content (AvgIpc) is 2.73. The van der Waals surface area contributed by atoms with Crippen LogP contribution in [0.2, 0.25) is 0 Å². The van der Waals surface area contributed by atoms with Crippen molar-refractivity contribution in [2.24, 2.45) is 5.92 Å². The molecule has 0 heterocycles. The molecule has 0 saturated heterocycles. The summed E-state index contributed by atoms with van der Waals surface area (Å²) in [5.41, 5.74) is 2.80. The molecule has 0 bridgehead atoms. The summed E-state index contributed by atoms with van der Waals surface area (Å²) in [7, 11) is 0. The third kappa shape index (κ3) is 6.25. The van der Waals surface area contributed by atoms with Gasteiger partial charge in [-0.3, -0.25) is 4.79 Å². The highest BCUT2D eigenvalue weighted by Crippen LogP contribution is 2.27. The highest BCUT2D eigenvalue weighted by molar-refractivity contribution is 5.94. The van der Waals surface area contributed by atoms with E-state index >= 15 is 0 Å². The Morgan fingerprint density at radius 1 is 1.03 bits per heavy atom. The Morgan fingerprint density at radius 2 is 1.69 bits per heavy atom. The van der Waals surface area contributed by atoms with Gasteiger partial charge in [0.1, 0.15) is 11.5 Å². The number of aryl methyl sites for hydroxylation is 2. The third-order valence-electron chi connectivity index (χ3n) is 5.71.